The Bertz CT molecular complexity index is 579. The number of carbonyl (C=O) groups excluding carboxylic acids is 2. The molecular weight excluding hydrogens is 246 g/mol. The lowest BCUT2D eigenvalue weighted by Gasteiger charge is -2.03. The molecule has 6 nitrogen and oxygen atoms in total. The van der Waals surface area contributed by atoms with Crippen LogP contribution in [-0.2, 0) is 9.53 Å². The average Bonchev–Trinajstić information content (AvgIpc) is 2.93. The van der Waals surface area contributed by atoms with E-state index in [-0.39, 0.29) is 18.8 Å². The van der Waals surface area contributed by atoms with Gasteiger partial charge < -0.3 is 4.74 Å². The third-order valence-corrected chi connectivity index (χ3v) is 2.53. The number of nitrogens with zero attached hydrogens (tertiary/aromatic N) is 2. The first-order chi connectivity index (χ1) is 9.20. The first kappa shape index (κ1) is 12.9. The summed E-state index contributed by atoms with van der Waals surface area (Å²) >= 11 is 0. The van der Waals surface area contributed by atoms with E-state index >= 15 is 0 Å². The number of hydrogen-bond acceptors (Lipinski definition) is 4. The second kappa shape index (κ2) is 5.90. The van der Waals surface area contributed by atoms with Gasteiger partial charge in [0.25, 0.3) is 6.33 Å². The van der Waals surface area contributed by atoms with Crippen LogP contribution in [-0.4, -0.2) is 28.6 Å². The van der Waals surface area contributed by atoms with Crippen LogP contribution in [0.5, 0.6) is 0 Å². The van der Waals surface area contributed by atoms with Gasteiger partial charge in [0.1, 0.15) is 12.1 Å². The summed E-state index contributed by atoms with van der Waals surface area (Å²) in [4.78, 5) is 23.2. The van der Waals surface area contributed by atoms with E-state index < -0.39 is 5.97 Å². The predicted molar refractivity (Wildman–Crippen MR) is 65.7 cm³/mol. The standard InChI is InChI=1S/C13H13N3O3/c1-2-19-13(18)7-12(17)10-4-3-5-11(6-10)16-8-14-15-9-16/h3-6,8-9H,2,7H2,1H3/p+1. The number of ether oxygens (including phenoxy) is 1. The number of H-pyrrole nitrogens is 1. The first-order valence-electron chi connectivity index (χ1n) is 5.90. The Labute approximate surface area is 110 Å². The summed E-state index contributed by atoms with van der Waals surface area (Å²) in [5, 5.41) is 6.50. The molecule has 1 heterocycles. The molecule has 2 aromatic rings. The van der Waals surface area contributed by atoms with E-state index in [1.54, 1.807) is 42.3 Å². The van der Waals surface area contributed by atoms with E-state index in [2.05, 4.69) is 10.2 Å². The molecule has 98 valence electrons. The number of aromatic nitrogens is 3. The van der Waals surface area contributed by atoms with Gasteiger partial charge in [-0.3, -0.25) is 9.59 Å². The SMILES string of the molecule is CCOC(=O)CC(=O)c1cccc(-[n+]2cn[nH]c2)c1. The molecule has 1 aromatic carbocycles. The summed E-state index contributed by atoms with van der Waals surface area (Å²) in [7, 11) is 0. The smallest absolute Gasteiger partial charge is 0.313 e. The number of nitrogens with one attached hydrogen (secondary N) is 1. The van der Waals surface area contributed by atoms with Gasteiger partial charge in [-0.2, -0.15) is 0 Å². The van der Waals surface area contributed by atoms with Crippen molar-refractivity contribution in [2.75, 3.05) is 6.61 Å². The van der Waals surface area contributed by atoms with Gasteiger partial charge in [0.15, 0.2) is 5.78 Å². The number of rotatable bonds is 5. The van der Waals surface area contributed by atoms with Crippen LogP contribution in [0, 0.1) is 0 Å². The van der Waals surface area contributed by atoms with Crippen LogP contribution in [0.4, 0.5) is 0 Å². The van der Waals surface area contributed by atoms with Gasteiger partial charge in [-0.15, -0.1) is 5.10 Å². The van der Waals surface area contributed by atoms with Crippen molar-refractivity contribution in [3.8, 4) is 5.69 Å². The minimum absolute atomic E-state index is 0.243. The summed E-state index contributed by atoms with van der Waals surface area (Å²) in [5.41, 5.74) is 1.27. The van der Waals surface area contributed by atoms with Gasteiger partial charge >= 0.3 is 5.97 Å². The van der Waals surface area contributed by atoms with Crippen molar-refractivity contribution < 1.29 is 18.9 Å². The molecule has 2 rings (SSSR count). The minimum atomic E-state index is -0.506. The molecule has 19 heavy (non-hydrogen) atoms. The van der Waals surface area contributed by atoms with Crippen molar-refractivity contribution in [3.63, 3.8) is 0 Å². The number of carbonyl (C=O) groups is 2. The highest BCUT2D eigenvalue weighted by molar-refractivity contribution is 6.06. The largest absolute Gasteiger partial charge is 0.466 e. The zero-order valence-corrected chi connectivity index (χ0v) is 10.5. The molecule has 0 atom stereocenters. The quantitative estimate of drug-likeness (QED) is 0.374. The van der Waals surface area contributed by atoms with Gasteiger partial charge in [0.05, 0.1) is 6.61 Å². The Hall–Kier alpha value is -2.50. The lowest BCUT2D eigenvalue weighted by molar-refractivity contribution is -0.595. The molecule has 0 saturated carbocycles. The minimum Gasteiger partial charge on any atom is -0.466 e. The molecule has 0 aliphatic carbocycles. The van der Waals surface area contributed by atoms with Crippen LogP contribution in [0.1, 0.15) is 23.7 Å². The number of esters is 1. The number of aromatic amines is 1. The highest BCUT2D eigenvalue weighted by Crippen LogP contribution is 2.08. The molecule has 0 aliphatic heterocycles. The summed E-state index contributed by atoms with van der Waals surface area (Å²) in [6, 6.07) is 6.98. The van der Waals surface area contributed by atoms with Gasteiger partial charge in [0.2, 0.25) is 6.33 Å². The van der Waals surface area contributed by atoms with Gasteiger partial charge in [-0.25, -0.2) is 4.57 Å². The lowest BCUT2D eigenvalue weighted by Crippen LogP contribution is -2.27. The van der Waals surface area contributed by atoms with Crippen LogP contribution >= 0.6 is 0 Å². The molecule has 6 heteroatoms. The second-order valence-electron chi connectivity index (χ2n) is 3.87. The fourth-order valence-corrected chi connectivity index (χ4v) is 1.65. The molecule has 0 unspecified atom stereocenters. The summed E-state index contributed by atoms with van der Waals surface area (Å²) in [6.07, 6.45) is 3.01. The van der Waals surface area contributed by atoms with Crippen molar-refractivity contribution in [2.24, 2.45) is 0 Å². The van der Waals surface area contributed by atoms with Crippen LogP contribution < -0.4 is 4.57 Å². The molecule has 0 aliphatic rings. The van der Waals surface area contributed by atoms with Gasteiger partial charge in [0, 0.05) is 10.7 Å². The Kier molecular flexibility index (Phi) is 4.02. The van der Waals surface area contributed by atoms with E-state index in [0.717, 1.165) is 5.69 Å². The van der Waals surface area contributed by atoms with E-state index in [9.17, 15) is 9.59 Å². The van der Waals surface area contributed by atoms with Crippen molar-refractivity contribution in [3.05, 3.63) is 42.5 Å². The van der Waals surface area contributed by atoms with Crippen LogP contribution in [0.25, 0.3) is 5.69 Å². The molecule has 0 amide bonds. The van der Waals surface area contributed by atoms with E-state index in [1.807, 2.05) is 6.07 Å². The zero-order valence-electron chi connectivity index (χ0n) is 10.5. The highest BCUT2D eigenvalue weighted by Gasteiger charge is 2.14. The van der Waals surface area contributed by atoms with Gasteiger partial charge in [-0.1, -0.05) is 12.1 Å². The fraction of sp³-hybridized carbons (Fsp3) is 0.231. The van der Waals surface area contributed by atoms with Crippen molar-refractivity contribution in [1.29, 1.82) is 0 Å². The fourth-order valence-electron chi connectivity index (χ4n) is 1.65. The Morgan fingerprint density at radius 1 is 1.42 bits per heavy atom. The second-order valence-corrected chi connectivity index (χ2v) is 3.87. The Morgan fingerprint density at radius 2 is 2.26 bits per heavy atom. The van der Waals surface area contributed by atoms with Crippen molar-refractivity contribution in [2.45, 2.75) is 13.3 Å². The Balaban J connectivity index is 2.15. The molecule has 0 fully saturated rings. The Morgan fingerprint density at radius 3 is 2.95 bits per heavy atom. The van der Waals surface area contributed by atoms with E-state index in [4.69, 9.17) is 4.74 Å². The van der Waals surface area contributed by atoms with Crippen molar-refractivity contribution in [1.82, 2.24) is 10.2 Å². The summed E-state index contributed by atoms with van der Waals surface area (Å²) in [5.74, 6) is -0.765. The third-order valence-electron chi connectivity index (χ3n) is 2.53. The normalized spacial score (nSPS) is 10.2. The maximum atomic E-state index is 11.9. The third kappa shape index (κ3) is 3.25. The molecule has 0 radical (unpaired) electrons. The topological polar surface area (TPSA) is 75.9 Å². The van der Waals surface area contributed by atoms with Crippen LogP contribution in [0.15, 0.2) is 36.9 Å². The maximum Gasteiger partial charge on any atom is 0.313 e. The average molecular weight is 260 g/mol. The molecule has 0 bridgehead atoms. The maximum absolute atomic E-state index is 11.9. The zero-order chi connectivity index (χ0) is 13.7. The summed E-state index contributed by atoms with van der Waals surface area (Å²) < 4.78 is 6.49. The number of benzene rings is 1. The molecule has 0 saturated heterocycles. The molecule has 1 N–H and O–H groups in total. The van der Waals surface area contributed by atoms with E-state index in [1.165, 1.54) is 0 Å². The highest BCUT2D eigenvalue weighted by atomic mass is 16.5. The summed E-state index contributed by atoms with van der Waals surface area (Å²) in [6.45, 7) is 1.98. The number of Topliss-reactive ketones (excluding diaryl/α,β-unsaturated/α-hetero) is 1. The monoisotopic (exact) mass is 260 g/mol. The molecule has 1 aromatic heterocycles. The van der Waals surface area contributed by atoms with Gasteiger partial charge in [-0.05, 0) is 19.1 Å². The number of hydrogen-bond donors (Lipinski definition) is 1. The lowest BCUT2D eigenvalue weighted by atomic mass is 10.1. The molecule has 0 spiro atoms. The van der Waals surface area contributed by atoms with Crippen molar-refractivity contribution >= 4 is 11.8 Å². The number of ketones is 1. The first-order valence-corrected chi connectivity index (χ1v) is 5.90. The van der Waals surface area contributed by atoms with Crippen LogP contribution in [0.2, 0.25) is 0 Å². The predicted octanol–water partition coefficient (Wildman–Crippen LogP) is 0.822. The molecular formula is C13H14N3O3+. The van der Waals surface area contributed by atoms with Crippen LogP contribution in [0.3, 0.4) is 0 Å². The van der Waals surface area contributed by atoms with E-state index in [0.29, 0.717) is 5.56 Å².